The van der Waals surface area contributed by atoms with Crippen LogP contribution in [-0.2, 0) is 13.8 Å². The fourth-order valence-electron chi connectivity index (χ4n) is 1.36. The molecule has 4 nitrogen and oxygen atoms in total. The molecule has 20 heavy (non-hydrogen) atoms. The van der Waals surface area contributed by atoms with Crippen molar-refractivity contribution in [1.29, 1.82) is 0 Å². The van der Waals surface area contributed by atoms with Crippen LogP contribution < -0.4 is 4.74 Å². The van der Waals surface area contributed by atoms with Gasteiger partial charge in [0.2, 0.25) is 0 Å². The molecule has 0 aliphatic carbocycles. The quantitative estimate of drug-likeness (QED) is 0.664. The van der Waals surface area contributed by atoms with E-state index in [0.717, 1.165) is 0 Å². The van der Waals surface area contributed by atoms with Crippen molar-refractivity contribution in [3.63, 3.8) is 0 Å². The third-order valence-electron chi connectivity index (χ3n) is 2.74. The van der Waals surface area contributed by atoms with Crippen LogP contribution in [0, 0.1) is 0 Å². The Morgan fingerprint density at radius 1 is 1.35 bits per heavy atom. The van der Waals surface area contributed by atoms with Gasteiger partial charge in [0.15, 0.2) is 5.75 Å². The van der Waals surface area contributed by atoms with Gasteiger partial charge in [-0.25, -0.2) is 8.42 Å². The summed E-state index contributed by atoms with van der Waals surface area (Å²) in [5.74, 6) is 0.0526. The average Bonchev–Trinajstić information content (AvgIpc) is 2.30. The largest absolute Gasteiger partial charge is 0.490 e. The number of benzene rings is 1. The lowest BCUT2D eigenvalue weighted by atomic mass is 10.1. The summed E-state index contributed by atoms with van der Waals surface area (Å²) in [6.07, 6.45) is 0.567. The number of hydrogen-bond donors (Lipinski definition) is 0. The summed E-state index contributed by atoms with van der Waals surface area (Å²) in [5, 5.41) is 0.175. The highest BCUT2D eigenvalue weighted by Crippen LogP contribution is 2.37. The normalized spacial score (nSPS) is 12.5. The lowest BCUT2D eigenvalue weighted by molar-refractivity contribution is 0.00523. The maximum atomic E-state index is 11.6. The first-order valence-corrected chi connectivity index (χ1v) is 9.16. The third kappa shape index (κ3) is 5.07. The molecule has 0 aromatic heterocycles. The molecule has 8 heteroatoms. The molecule has 1 aromatic carbocycles. The molecule has 0 heterocycles. The summed E-state index contributed by atoms with van der Waals surface area (Å²) in [6.45, 7) is 4.05. The third-order valence-corrected chi connectivity index (χ3v) is 4.81. The molecule has 0 saturated heterocycles. The monoisotopic (exact) mass is 404 g/mol. The van der Waals surface area contributed by atoms with Gasteiger partial charge < -0.3 is 9.47 Å². The molecule has 0 fully saturated rings. The van der Waals surface area contributed by atoms with E-state index in [9.17, 15) is 8.42 Å². The fourth-order valence-corrected chi connectivity index (χ4v) is 3.43. The lowest BCUT2D eigenvalue weighted by Crippen LogP contribution is -2.25. The summed E-state index contributed by atoms with van der Waals surface area (Å²) in [4.78, 5) is -0.159. The second kappa shape index (κ2) is 6.83. The van der Waals surface area contributed by atoms with Crippen molar-refractivity contribution < 1.29 is 17.9 Å². The van der Waals surface area contributed by atoms with Crippen molar-refractivity contribution in [3.05, 3.63) is 21.6 Å². The van der Waals surface area contributed by atoms with Crippen LogP contribution in [0.4, 0.5) is 0 Å². The van der Waals surface area contributed by atoms with E-state index in [0.29, 0.717) is 10.9 Å². The van der Waals surface area contributed by atoms with Crippen LogP contribution in [0.25, 0.3) is 0 Å². The van der Waals surface area contributed by atoms with Crippen LogP contribution in [-0.4, -0.2) is 27.7 Å². The Labute approximate surface area is 136 Å². The molecule has 0 spiro atoms. The smallest absolute Gasteiger partial charge is 0.265 e. The first-order valence-electron chi connectivity index (χ1n) is 5.68. The fraction of sp³-hybridized carbons (Fsp3) is 0.500. The van der Waals surface area contributed by atoms with E-state index in [1.165, 1.54) is 6.07 Å². The molecule has 1 rings (SSSR count). The maximum absolute atomic E-state index is 11.6. The Morgan fingerprint density at radius 3 is 2.45 bits per heavy atom. The minimum absolute atomic E-state index is 0.0526. The van der Waals surface area contributed by atoms with Crippen LogP contribution in [0.5, 0.6) is 5.75 Å². The number of ether oxygens (including phenoxy) is 2. The Kier molecular flexibility index (Phi) is 6.16. The second-order valence-electron chi connectivity index (χ2n) is 4.71. The molecule has 0 amide bonds. The summed E-state index contributed by atoms with van der Waals surface area (Å²) in [6, 6.07) is 2.90. The van der Waals surface area contributed by atoms with Gasteiger partial charge in [-0.15, -0.1) is 0 Å². The Bertz CT molecular complexity index is 587. The predicted octanol–water partition coefficient (Wildman–Crippen LogP) is 4.22. The first-order chi connectivity index (χ1) is 9.07. The van der Waals surface area contributed by atoms with Crippen molar-refractivity contribution in [1.82, 2.24) is 0 Å². The molecule has 1 aromatic rings. The number of rotatable bonds is 6. The van der Waals surface area contributed by atoms with Crippen LogP contribution in [0.3, 0.4) is 0 Å². The Morgan fingerprint density at radius 2 is 1.95 bits per heavy atom. The topological polar surface area (TPSA) is 52.6 Å². The van der Waals surface area contributed by atoms with Crippen LogP contribution in [0.2, 0.25) is 5.02 Å². The SMILES string of the molecule is COC(C)(C)CCOc1c(Cl)cc(Br)cc1S(=O)(=O)Cl. The molecule has 0 aliphatic heterocycles. The Balaban J connectivity index is 3.01. The van der Waals surface area contributed by atoms with E-state index in [2.05, 4.69) is 15.9 Å². The molecule has 0 atom stereocenters. The van der Waals surface area contributed by atoms with E-state index < -0.39 is 9.05 Å². The molecular formula is C12H15BrCl2O4S. The van der Waals surface area contributed by atoms with E-state index in [1.807, 2.05) is 13.8 Å². The molecule has 0 N–H and O–H groups in total. The van der Waals surface area contributed by atoms with Gasteiger partial charge in [-0.3, -0.25) is 0 Å². The molecule has 0 saturated carbocycles. The maximum Gasteiger partial charge on any atom is 0.265 e. The van der Waals surface area contributed by atoms with E-state index >= 15 is 0 Å². The van der Waals surface area contributed by atoms with E-state index in [1.54, 1.807) is 13.2 Å². The van der Waals surface area contributed by atoms with Gasteiger partial charge in [-0.1, -0.05) is 27.5 Å². The van der Waals surface area contributed by atoms with Gasteiger partial charge in [0.05, 0.1) is 17.2 Å². The first kappa shape index (κ1) is 18.0. The minimum Gasteiger partial charge on any atom is -0.490 e. The standard InChI is InChI=1S/C12H15BrCl2O4S/c1-12(2,18-3)4-5-19-11-9(14)6-8(13)7-10(11)20(15,16)17/h6-7H,4-5H2,1-3H3. The average molecular weight is 406 g/mol. The molecule has 114 valence electrons. The summed E-state index contributed by atoms with van der Waals surface area (Å²) < 4.78 is 34.4. The number of halogens is 3. The number of methoxy groups -OCH3 is 1. The molecule has 0 bridgehead atoms. The van der Waals surface area contributed by atoms with Crippen molar-refractivity contribution in [3.8, 4) is 5.75 Å². The lowest BCUT2D eigenvalue weighted by Gasteiger charge is -2.23. The van der Waals surface area contributed by atoms with Gasteiger partial charge in [-0.05, 0) is 26.0 Å². The second-order valence-corrected chi connectivity index (χ2v) is 8.57. The van der Waals surface area contributed by atoms with Gasteiger partial charge in [-0.2, -0.15) is 0 Å². The highest BCUT2D eigenvalue weighted by atomic mass is 79.9. The Hall–Kier alpha value is -0.0100. The molecule has 0 radical (unpaired) electrons. The van der Waals surface area contributed by atoms with Gasteiger partial charge >= 0.3 is 0 Å². The molecule has 0 aliphatic rings. The van der Waals surface area contributed by atoms with Gasteiger partial charge in [0.1, 0.15) is 4.90 Å². The summed E-state index contributed by atoms with van der Waals surface area (Å²) >= 11 is 9.18. The van der Waals surface area contributed by atoms with Gasteiger partial charge in [0, 0.05) is 28.7 Å². The zero-order valence-electron chi connectivity index (χ0n) is 11.2. The minimum atomic E-state index is -3.95. The van der Waals surface area contributed by atoms with Crippen molar-refractivity contribution in [2.45, 2.75) is 30.8 Å². The van der Waals surface area contributed by atoms with Crippen molar-refractivity contribution in [2.24, 2.45) is 0 Å². The van der Waals surface area contributed by atoms with Crippen LogP contribution >= 0.6 is 38.2 Å². The summed E-state index contributed by atoms with van der Waals surface area (Å²) in [7, 11) is 3.04. The van der Waals surface area contributed by atoms with Crippen LogP contribution in [0.15, 0.2) is 21.5 Å². The highest BCUT2D eigenvalue weighted by Gasteiger charge is 2.22. The molecule has 0 unspecified atom stereocenters. The predicted molar refractivity (Wildman–Crippen MR) is 83.4 cm³/mol. The highest BCUT2D eigenvalue weighted by molar-refractivity contribution is 9.10. The molecular weight excluding hydrogens is 391 g/mol. The summed E-state index contributed by atoms with van der Waals surface area (Å²) in [5.41, 5.74) is -0.373. The zero-order valence-corrected chi connectivity index (χ0v) is 15.2. The van der Waals surface area contributed by atoms with Crippen molar-refractivity contribution >= 4 is 47.3 Å². The number of hydrogen-bond acceptors (Lipinski definition) is 4. The van der Waals surface area contributed by atoms with Gasteiger partial charge in [0.25, 0.3) is 9.05 Å². The zero-order chi connectivity index (χ0) is 15.6. The van der Waals surface area contributed by atoms with Crippen molar-refractivity contribution in [2.75, 3.05) is 13.7 Å². The van der Waals surface area contributed by atoms with E-state index in [-0.39, 0.29) is 27.9 Å². The van der Waals surface area contributed by atoms with Crippen LogP contribution in [0.1, 0.15) is 20.3 Å². The van der Waals surface area contributed by atoms with E-state index in [4.69, 9.17) is 31.8 Å².